The molecule has 1 aliphatic heterocycles. The quantitative estimate of drug-likeness (QED) is 0.864. The lowest BCUT2D eigenvalue weighted by Crippen LogP contribution is -2.48. The molecule has 6 nitrogen and oxygen atoms in total. The van der Waals surface area contributed by atoms with Gasteiger partial charge in [-0.3, -0.25) is 4.79 Å². The van der Waals surface area contributed by atoms with Gasteiger partial charge >= 0.3 is 6.03 Å². The van der Waals surface area contributed by atoms with E-state index in [2.05, 4.69) is 15.5 Å². The number of piperazine rings is 1. The Morgan fingerprint density at radius 3 is 2.23 bits per heavy atom. The topological polar surface area (TPSA) is 64.7 Å². The van der Waals surface area contributed by atoms with Gasteiger partial charge in [0.15, 0.2) is 0 Å². The van der Waals surface area contributed by atoms with Gasteiger partial charge in [0.25, 0.3) is 0 Å². The van der Waals surface area contributed by atoms with Crippen molar-refractivity contribution >= 4 is 40.6 Å². The standard InChI is InChI=1S/C19H21ClN4O2/c1-14(25)23-9-11-24(12-10-23)18-4-2-3-17(13-18)22-19(26)21-16-7-5-15(20)6-8-16/h2-8,13H,9-12H2,1H3,(H2,21,22,26). The van der Waals surface area contributed by atoms with Crippen molar-refractivity contribution in [3.63, 3.8) is 0 Å². The van der Waals surface area contributed by atoms with Crippen molar-refractivity contribution in [3.05, 3.63) is 53.6 Å². The zero-order chi connectivity index (χ0) is 18.5. The molecule has 1 saturated heterocycles. The Hall–Kier alpha value is -2.73. The lowest BCUT2D eigenvalue weighted by atomic mass is 10.2. The van der Waals surface area contributed by atoms with Crippen LogP contribution >= 0.6 is 11.6 Å². The Bertz CT molecular complexity index is 786. The number of hydrogen-bond acceptors (Lipinski definition) is 3. The summed E-state index contributed by atoms with van der Waals surface area (Å²) in [6.07, 6.45) is 0. The molecule has 1 aliphatic rings. The molecule has 0 atom stereocenters. The van der Waals surface area contributed by atoms with Crippen molar-refractivity contribution < 1.29 is 9.59 Å². The Morgan fingerprint density at radius 1 is 0.923 bits per heavy atom. The van der Waals surface area contributed by atoms with Gasteiger partial charge in [0, 0.05) is 55.2 Å². The van der Waals surface area contributed by atoms with E-state index in [1.54, 1.807) is 31.2 Å². The average molecular weight is 373 g/mol. The molecule has 0 bridgehead atoms. The first-order valence-corrected chi connectivity index (χ1v) is 8.83. The SMILES string of the molecule is CC(=O)N1CCN(c2cccc(NC(=O)Nc3ccc(Cl)cc3)c2)CC1. The Balaban J connectivity index is 1.59. The number of benzene rings is 2. The van der Waals surface area contributed by atoms with Crippen LogP contribution in [0.4, 0.5) is 21.9 Å². The minimum Gasteiger partial charge on any atom is -0.368 e. The lowest BCUT2D eigenvalue weighted by molar-refractivity contribution is -0.129. The first-order valence-electron chi connectivity index (χ1n) is 8.45. The summed E-state index contributed by atoms with van der Waals surface area (Å²) in [5.74, 6) is 0.110. The van der Waals surface area contributed by atoms with Crippen LogP contribution in [0.3, 0.4) is 0 Å². The molecule has 0 saturated carbocycles. The van der Waals surface area contributed by atoms with Crippen molar-refractivity contribution in [2.45, 2.75) is 6.92 Å². The predicted octanol–water partition coefficient (Wildman–Crippen LogP) is 3.65. The number of nitrogens with one attached hydrogen (secondary N) is 2. The van der Waals surface area contributed by atoms with Crippen LogP contribution in [0.1, 0.15) is 6.92 Å². The smallest absolute Gasteiger partial charge is 0.323 e. The van der Waals surface area contributed by atoms with E-state index in [1.165, 1.54) is 0 Å². The molecule has 2 aromatic rings. The van der Waals surface area contributed by atoms with E-state index in [0.29, 0.717) is 29.5 Å². The molecular formula is C19H21ClN4O2. The molecule has 7 heteroatoms. The number of amides is 3. The summed E-state index contributed by atoms with van der Waals surface area (Å²) in [4.78, 5) is 27.6. The highest BCUT2D eigenvalue weighted by molar-refractivity contribution is 6.30. The van der Waals surface area contributed by atoms with Crippen LogP contribution in [-0.4, -0.2) is 43.0 Å². The van der Waals surface area contributed by atoms with Gasteiger partial charge in [-0.25, -0.2) is 4.79 Å². The third kappa shape index (κ3) is 4.67. The molecule has 0 spiro atoms. The molecule has 136 valence electrons. The Labute approximate surface area is 157 Å². The van der Waals surface area contributed by atoms with Gasteiger partial charge in [0.1, 0.15) is 0 Å². The van der Waals surface area contributed by atoms with Gasteiger partial charge in [-0.05, 0) is 42.5 Å². The van der Waals surface area contributed by atoms with Crippen LogP contribution in [0, 0.1) is 0 Å². The molecule has 0 aliphatic carbocycles. The van der Waals surface area contributed by atoms with Gasteiger partial charge in [0.05, 0.1) is 0 Å². The number of nitrogens with zero attached hydrogens (tertiary/aromatic N) is 2. The summed E-state index contributed by atoms with van der Waals surface area (Å²) in [7, 11) is 0. The maximum absolute atomic E-state index is 12.2. The van der Waals surface area contributed by atoms with Crippen LogP contribution in [0.15, 0.2) is 48.5 Å². The fourth-order valence-corrected chi connectivity index (χ4v) is 3.01. The highest BCUT2D eigenvalue weighted by Gasteiger charge is 2.19. The number of carbonyl (C=O) groups excluding carboxylic acids is 2. The Morgan fingerprint density at radius 2 is 1.58 bits per heavy atom. The summed E-state index contributed by atoms with van der Waals surface area (Å²) >= 11 is 5.84. The number of rotatable bonds is 3. The molecule has 0 aromatic heterocycles. The van der Waals surface area contributed by atoms with Crippen LogP contribution < -0.4 is 15.5 Å². The van der Waals surface area contributed by atoms with Crippen molar-refractivity contribution in [2.24, 2.45) is 0 Å². The van der Waals surface area contributed by atoms with Gasteiger partial charge in [-0.1, -0.05) is 17.7 Å². The van der Waals surface area contributed by atoms with E-state index < -0.39 is 0 Å². The minimum absolute atomic E-state index is 0.110. The molecule has 2 aromatic carbocycles. The number of anilines is 3. The fraction of sp³-hybridized carbons (Fsp3) is 0.263. The van der Waals surface area contributed by atoms with Crippen LogP contribution in [0.2, 0.25) is 5.02 Å². The van der Waals surface area contributed by atoms with E-state index in [4.69, 9.17) is 11.6 Å². The third-order valence-electron chi connectivity index (χ3n) is 4.30. The summed E-state index contributed by atoms with van der Waals surface area (Å²) < 4.78 is 0. The van der Waals surface area contributed by atoms with Gasteiger partial charge < -0.3 is 20.4 Å². The van der Waals surface area contributed by atoms with Crippen molar-refractivity contribution in [1.82, 2.24) is 4.90 Å². The molecule has 0 unspecified atom stereocenters. The van der Waals surface area contributed by atoms with Gasteiger partial charge in [-0.15, -0.1) is 0 Å². The Kier molecular flexibility index (Phi) is 5.63. The number of carbonyl (C=O) groups is 2. The van der Waals surface area contributed by atoms with E-state index >= 15 is 0 Å². The zero-order valence-electron chi connectivity index (χ0n) is 14.5. The maximum Gasteiger partial charge on any atom is 0.323 e. The zero-order valence-corrected chi connectivity index (χ0v) is 15.3. The first kappa shape index (κ1) is 18.1. The molecular weight excluding hydrogens is 352 g/mol. The molecule has 3 rings (SSSR count). The summed E-state index contributed by atoms with van der Waals surface area (Å²) in [5.41, 5.74) is 2.41. The van der Waals surface area contributed by atoms with E-state index in [9.17, 15) is 9.59 Å². The second kappa shape index (κ2) is 8.10. The summed E-state index contributed by atoms with van der Waals surface area (Å²) in [6.45, 7) is 4.58. The van der Waals surface area contributed by atoms with E-state index in [0.717, 1.165) is 18.8 Å². The average Bonchev–Trinajstić information content (AvgIpc) is 2.64. The highest BCUT2D eigenvalue weighted by atomic mass is 35.5. The fourth-order valence-electron chi connectivity index (χ4n) is 2.89. The molecule has 2 N–H and O–H groups in total. The largest absolute Gasteiger partial charge is 0.368 e. The number of hydrogen-bond donors (Lipinski definition) is 2. The molecule has 3 amide bonds. The predicted molar refractivity (Wildman–Crippen MR) is 105 cm³/mol. The van der Waals surface area contributed by atoms with Crippen molar-refractivity contribution in [1.29, 1.82) is 0 Å². The second-order valence-corrected chi connectivity index (χ2v) is 6.57. The third-order valence-corrected chi connectivity index (χ3v) is 4.55. The molecule has 26 heavy (non-hydrogen) atoms. The van der Waals surface area contributed by atoms with Crippen LogP contribution in [0.5, 0.6) is 0 Å². The normalized spacial score (nSPS) is 14.1. The van der Waals surface area contributed by atoms with Crippen LogP contribution in [0.25, 0.3) is 0 Å². The van der Waals surface area contributed by atoms with Crippen molar-refractivity contribution in [3.8, 4) is 0 Å². The lowest BCUT2D eigenvalue weighted by Gasteiger charge is -2.35. The molecule has 1 fully saturated rings. The molecule has 0 radical (unpaired) electrons. The van der Waals surface area contributed by atoms with Gasteiger partial charge in [-0.2, -0.15) is 0 Å². The van der Waals surface area contributed by atoms with Crippen molar-refractivity contribution in [2.75, 3.05) is 41.7 Å². The van der Waals surface area contributed by atoms with Gasteiger partial charge in [0.2, 0.25) is 5.91 Å². The number of urea groups is 1. The van der Waals surface area contributed by atoms with E-state index in [1.807, 2.05) is 29.2 Å². The molecule has 1 heterocycles. The number of halogens is 1. The van der Waals surface area contributed by atoms with E-state index in [-0.39, 0.29) is 11.9 Å². The highest BCUT2D eigenvalue weighted by Crippen LogP contribution is 2.21. The minimum atomic E-state index is -0.314. The second-order valence-electron chi connectivity index (χ2n) is 6.13. The van der Waals surface area contributed by atoms with Crippen LogP contribution in [-0.2, 0) is 4.79 Å². The maximum atomic E-state index is 12.2. The summed E-state index contributed by atoms with van der Waals surface area (Å²) in [6, 6.07) is 14.3. The monoisotopic (exact) mass is 372 g/mol. The first-order chi connectivity index (χ1) is 12.5. The summed E-state index contributed by atoms with van der Waals surface area (Å²) in [5, 5.41) is 6.22.